The van der Waals surface area contributed by atoms with Gasteiger partial charge in [-0.25, -0.2) is 4.98 Å². The average Bonchev–Trinajstić information content (AvgIpc) is 3.23. The van der Waals surface area contributed by atoms with E-state index in [1.165, 1.54) is 0 Å². The Hall–Kier alpha value is -2.05. The lowest BCUT2D eigenvalue weighted by atomic mass is 10.2. The first kappa shape index (κ1) is 15.8. The van der Waals surface area contributed by atoms with Crippen LogP contribution >= 0.6 is 11.3 Å². The van der Waals surface area contributed by atoms with Crippen LogP contribution in [0.25, 0.3) is 11.3 Å². The number of thiazole rings is 1. The molecule has 23 heavy (non-hydrogen) atoms. The summed E-state index contributed by atoms with van der Waals surface area (Å²) in [6.07, 6.45) is 0. The molecule has 0 radical (unpaired) electrons. The van der Waals surface area contributed by atoms with E-state index in [1.54, 1.807) is 11.3 Å². The Bertz CT molecular complexity index is 751. The molecule has 0 fully saturated rings. The highest BCUT2D eigenvalue weighted by Gasteiger charge is 2.14. The Morgan fingerprint density at radius 2 is 1.91 bits per heavy atom. The minimum atomic E-state index is 0.137. The van der Waals surface area contributed by atoms with Crippen LogP contribution < -0.4 is 5.32 Å². The summed E-state index contributed by atoms with van der Waals surface area (Å²) in [6, 6.07) is 10.3. The minimum Gasteiger partial charge on any atom is -0.339 e. The summed E-state index contributed by atoms with van der Waals surface area (Å²) < 4.78 is 5.21. The molecule has 0 saturated heterocycles. The zero-order valence-corrected chi connectivity index (χ0v) is 14.3. The number of benzene rings is 1. The summed E-state index contributed by atoms with van der Waals surface area (Å²) in [5.74, 6) is 1.61. The fourth-order valence-electron chi connectivity index (χ4n) is 2.13. The van der Waals surface area contributed by atoms with Crippen molar-refractivity contribution < 1.29 is 4.52 Å². The third-order valence-corrected chi connectivity index (χ3v) is 4.53. The van der Waals surface area contributed by atoms with Crippen LogP contribution in [-0.4, -0.2) is 15.1 Å². The van der Waals surface area contributed by atoms with Gasteiger partial charge in [-0.2, -0.15) is 4.98 Å². The summed E-state index contributed by atoms with van der Waals surface area (Å²) in [6.45, 7) is 6.73. The van der Waals surface area contributed by atoms with E-state index in [9.17, 15) is 0 Å². The van der Waals surface area contributed by atoms with Gasteiger partial charge in [0.1, 0.15) is 5.01 Å². The van der Waals surface area contributed by atoms with Gasteiger partial charge < -0.3 is 9.84 Å². The van der Waals surface area contributed by atoms with Crippen LogP contribution in [0.4, 0.5) is 0 Å². The SMILES string of the molecule is CC(C)c1nc(CN[C@H](C)c2nc(-c3ccccc3)cs2)no1. The Labute approximate surface area is 139 Å². The van der Waals surface area contributed by atoms with E-state index in [4.69, 9.17) is 9.51 Å². The maximum absolute atomic E-state index is 5.21. The number of nitrogens with zero attached hydrogens (tertiary/aromatic N) is 3. The second-order valence-corrected chi connectivity index (χ2v) is 6.63. The van der Waals surface area contributed by atoms with Gasteiger partial charge >= 0.3 is 0 Å². The van der Waals surface area contributed by atoms with Crippen LogP contribution in [-0.2, 0) is 6.54 Å². The number of nitrogens with one attached hydrogen (secondary N) is 1. The van der Waals surface area contributed by atoms with E-state index >= 15 is 0 Å². The van der Waals surface area contributed by atoms with Gasteiger partial charge in [-0.05, 0) is 6.92 Å². The molecule has 120 valence electrons. The molecule has 0 amide bonds. The molecule has 1 atom stereocenters. The van der Waals surface area contributed by atoms with Gasteiger partial charge in [-0.15, -0.1) is 11.3 Å². The Morgan fingerprint density at radius 3 is 2.61 bits per heavy atom. The fraction of sp³-hybridized carbons (Fsp3) is 0.353. The molecule has 0 aliphatic rings. The fourth-order valence-corrected chi connectivity index (χ4v) is 2.99. The molecule has 0 bridgehead atoms. The number of aromatic nitrogens is 3. The van der Waals surface area contributed by atoms with Gasteiger partial charge in [-0.3, -0.25) is 0 Å². The van der Waals surface area contributed by atoms with Crippen LogP contribution in [0.3, 0.4) is 0 Å². The molecule has 1 N–H and O–H groups in total. The molecular weight excluding hydrogens is 308 g/mol. The molecule has 0 aliphatic heterocycles. The highest BCUT2D eigenvalue weighted by molar-refractivity contribution is 7.10. The second kappa shape index (κ2) is 7.02. The summed E-state index contributed by atoms with van der Waals surface area (Å²) in [5.41, 5.74) is 2.16. The molecule has 0 spiro atoms. The summed E-state index contributed by atoms with van der Waals surface area (Å²) in [5, 5.41) is 10.5. The van der Waals surface area contributed by atoms with Crippen molar-refractivity contribution in [1.29, 1.82) is 0 Å². The highest BCUT2D eigenvalue weighted by atomic mass is 32.1. The van der Waals surface area contributed by atoms with Crippen molar-refractivity contribution in [3.05, 3.63) is 52.4 Å². The molecule has 0 aliphatic carbocycles. The van der Waals surface area contributed by atoms with Crippen molar-refractivity contribution in [2.45, 2.75) is 39.3 Å². The first-order valence-electron chi connectivity index (χ1n) is 7.70. The topological polar surface area (TPSA) is 63.8 Å². The van der Waals surface area contributed by atoms with Crippen LogP contribution in [0.15, 0.2) is 40.2 Å². The molecule has 3 aromatic rings. The highest BCUT2D eigenvalue weighted by Crippen LogP contribution is 2.25. The zero-order chi connectivity index (χ0) is 16.2. The van der Waals surface area contributed by atoms with E-state index in [1.807, 2.05) is 32.0 Å². The predicted molar refractivity (Wildman–Crippen MR) is 91.2 cm³/mol. The smallest absolute Gasteiger partial charge is 0.229 e. The molecule has 0 unspecified atom stereocenters. The normalized spacial score (nSPS) is 12.7. The maximum Gasteiger partial charge on any atom is 0.229 e. The predicted octanol–water partition coefficient (Wildman–Crippen LogP) is 4.17. The first-order valence-corrected chi connectivity index (χ1v) is 8.58. The van der Waals surface area contributed by atoms with Crippen LogP contribution in [0.1, 0.15) is 49.5 Å². The summed E-state index contributed by atoms with van der Waals surface area (Å²) in [7, 11) is 0. The minimum absolute atomic E-state index is 0.137. The van der Waals surface area contributed by atoms with Crippen molar-refractivity contribution in [3.63, 3.8) is 0 Å². The molecule has 2 aromatic heterocycles. The lowest BCUT2D eigenvalue weighted by Crippen LogP contribution is -2.18. The monoisotopic (exact) mass is 328 g/mol. The number of hydrogen-bond donors (Lipinski definition) is 1. The summed E-state index contributed by atoms with van der Waals surface area (Å²) >= 11 is 1.66. The van der Waals surface area contributed by atoms with Crippen LogP contribution in [0.2, 0.25) is 0 Å². The lowest BCUT2D eigenvalue weighted by molar-refractivity contribution is 0.358. The van der Waals surface area contributed by atoms with E-state index in [0.717, 1.165) is 16.3 Å². The molecule has 3 rings (SSSR count). The van der Waals surface area contributed by atoms with Gasteiger partial charge in [0.05, 0.1) is 18.3 Å². The van der Waals surface area contributed by atoms with E-state index in [2.05, 4.69) is 39.9 Å². The van der Waals surface area contributed by atoms with E-state index in [0.29, 0.717) is 18.3 Å². The van der Waals surface area contributed by atoms with Gasteiger partial charge in [0.2, 0.25) is 5.89 Å². The van der Waals surface area contributed by atoms with Gasteiger partial charge in [0.25, 0.3) is 0 Å². The second-order valence-electron chi connectivity index (χ2n) is 5.74. The first-order chi connectivity index (χ1) is 11.1. The van der Waals surface area contributed by atoms with Crippen molar-refractivity contribution in [3.8, 4) is 11.3 Å². The van der Waals surface area contributed by atoms with Crippen molar-refractivity contribution in [2.75, 3.05) is 0 Å². The Kier molecular flexibility index (Phi) is 4.83. The molecule has 0 saturated carbocycles. The van der Waals surface area contributed by atoms with Gasteiger partial charge in [0.15, 0.2) is 5.82 Å². The third kappa shape index (κ3) is 3.83. The average molecular weight is 328 g/mol. The van der Waals surface area contributed by atoms with Gasteiger partial charge in [-0.1, -0.05) is 49.3 Å². The molecule has 1 aromatic carbocycles. The van der Waals surface area contributed by atoms with Crippen molar-refractivity contribution >= 4 is 11.3 Å². The molecule has 5 nitrogen and oxygen atoms in total. The van der Waals surface area contributed by atoms with E-state index in [-0.39, 0.29) is 12.0 Å². The third-order valence-electron chi connectivity index (χ3n) is 3.51. The van der Waals surface area contributed by atoms with Crippen LogP contribution in [0.5, 0.6) is 0 Å². The Balaban J connectivity index is 1.62. The Morgan fingerprint density at radius 1 is 1.13 bits per heavy atom. The largest absolute Gasteiger partial charge is 0.339 e. The lowest BCUT2D eigenvalue weighted by Gasteiger charge is -2.08. The van der Waals surface area contributed by atoms with E-state index < -0.39 is 0 Å². The van der Waals surface area contributed by atoms with Crippen LogP contribution in [0, 0.1) is 0 Å². The molecular formula is C17H20N4OS. The summed E-state index contributed by atoms with van der Waals surface area (Å²) in [4.78, 5) is 9.09. The molecule has 2 heterocycles. The maximum atomic E-state index is 5.21. The number of hydrogen-bond acceptors (Lipinski definition) is 6. The molecule has 6 heteroatoms. The van der Waals surface area contributed by atoms with Gasteiger partial charge in [0, 0.05) is 16.9 Å². The standard InChI is InChI=1S/C17H20N4OS/c1-11(2)16-20-15(21-22-16)9-18-12(3)17-19-14(10-23-17)13-7-5-4-6-8-13/h4-8,10-12,18H,9H2,1-3H3/t12-/m1/s1. The van der Waals surface area contributed by atoms with Crippen molar-refractivity contribution in [1.82, 2.24) is 20.4 Å². The zero-order valence-electron chi connectivity index (χ0n) is 13.5. The number of rotatable bonds is 6. The quantitative estimate of drug-likeness (QED) is 0.736. The van der Waals surface area contributed by atoms with Crippen molar-refractivity contribution in [2.24, 2.45) is 0 Å².